The van der Waals surface area contributed by atoms with Gasteiger partial charge in [0.25, 0.3) is 0 Å². The SMILES string of the molecule is CCC(C)(C)C1CCC(NC(C)C)(c2nccs2)CC1. The molecule has 114 valence electrons. The minimum absolute atomic E-state index is 0.128. The van der Waals surface area contributed by atoms with Crippen molar-refractivity contribution in [3.05, 3.63) is 16.6 Å². The molecule has 0 amide bonds. The van der Waals surface area contributed by atoms with E-state index in [9.17, 15) is 0 Å². The number of rotatable bonds is 5. The highest BCUT2D eigenvalue weighted by Crippen LogP contribution is 2.47. The van der Waals surface area contributed by atoms with Crippen LogP contribution in [0.5, 0.6) is 0 Å². The molecule has 1 N–H and O–H groups in total. The summed E-state index contributed by atoms with van der Waals surface area (Å²) in [6.45, 7) is 11.7. The molecule has 1 aromatic heterocycles. The third-order valence-electron chi connectivity index (χ3n) is 5.26. The first-order chi connectivity index (χ1) is 9.39. The second-order valence-corrected chi connectivity index (χ2v) is 8.23. The van der Waals surface area contributed by atoms with Crippen LogP contribution in [-0.2, 0) is 5.54 Å². The molecule has 0 radical (unpaired) electrons. The van der Waals surface area contributed by atoms with Gasteiger partial charge in [0.15, 0.2) is 0 Å². The Balaban J connectivity index is 2.14. The Morgan fingerprint density at radius 2 is 2.05 bits per heavy atom. The molecule has 0 atom stereocenters. The number of hydrogen-bond donors (Lipinski definition) is 1. The normalized spacial score (nSPS) is 28.0. The number of nitrogens with one attached hydrogen (secondary N) is 1. The molecule has 0 spiro atoms. The molecule has 3 heteroatoms. The summed E-state index contributed by atoms with van der Waals surface area (Å²) in [6, 6.07) is 0.509. The highest BCUT2D eigenvalue weighted by molar-refractivity contribution is 7.09. The zero-order valence-electron chi connectivity index (χ0n) is 13.7. The first kappa shape index (κ1) is 16.0. The topological polar surface area (TPSA) is 24.9 Å². The van der Waals surface area contributed by atoms with Crippen LogP contribution in [0.4, 0.5) is 0 Å². The number of hydrogen-bond acceptors (Lipinski definition) is 3. The van der Waals surface area contributed by atoms with E-state index in [1.807, 2.05) is 17.5 Å². The van der Waals surface area contributed by atoms with E-state index in [2.05, 4.69) is 50.3 Å². The van der Waals surface area contributed by atoms with E-state index >= 15 is 0 Å². The van der Waals surface area contributed by atoms with E-state index < -0.39 is 0 Å². The van der Waals surface area contributed by atoms with E-state index in [-0.39, 0.29) is 5.54 Å². The second kappa shape index (κ2) is 6.15. The van der Waals surface area contributed by atoms with Gasteiger partial charge >= 0.3 is 0 Å². The predicted molar refractivity (Wildman–Crippen MR) is 88.1 cm³/mol. The summed E-state index contributed by atoms with van der Waals surface area (Å²) < 4.78 is 0. The zero-order chi connectivity index (χ0) is 14.8. The van der Waals surface area contributed by atoms with Crippen molar-refractivity contribution < 1.29 is 0 Å². The Morgan fingerprint density at radius 3 is 2.50 bits per heavy atom. The van der Waals surface area contributed by atoms with Crippen molar-refractivity contribution in [2.24, 2.45) is 11.3 Å². The van der Waals surface area contributed by atoms with Gasteiger partial charge in [-0.25, -0.2) is 4.98 Å². The lowest BCUT2D eigenvalue weighted by Gasteiger charge is -2.45. The Kier molecular flexibility index (Phi) is 4.91. The van der Waals surface area contributed by atoms with Gasteiger partial charge in [-0.05, 0) is 50.9 Å². The average molecular weight is 295 g/mol. The monoisotopic (exact) mass is 294 g/mol. The fourth-order valence-corrected chi connectivity index (χ4v) is 4.47. The standard InChI is InChI=1S/C17H30N2S/c1-6-16(4,5)14-7-9-17(10-8-14,19-13(2)3)15-18-11-12-20-15/h11-14,19H,6-10H2,1-5H3. The quantitative estimate of drug-likeness (QED) is 0.830. The van der Waals surface area contributed by atoms with Crippen LogP contribution in [0.15, 0.2) is 11.6 Å². The van der Waals surface area contributed by atoms with E-state index in [0.29, 0.717) is 11.5 Å². The zero-order valence-corrected chi connectivity index (χ0v) is 14.5. The maximum absolute atomic E-state index is 4.63. The molecule has 0 unspecified atom stereocenters. The summed E-state index contributed by atoms with van der Waals surface area (Å²) in [7, 11) is 0. The fourth-order valence-electron chi connectivity index (χ4n) is 3.61. The minimum atomic E-state index is 0.128. The van der Waals surface area contributed by atoms with Gasteiger partial charge in [-0.3, -0.25) is 0 Å². The maximum atomic E-state index is 4.63. The van der Waals surface area contributed by atoms with Crippen LogP contribution in [0, 0.1) is 11.3 Å². The van der Waals surface area contributed by atoms with Crippen LogP contribution < -0.4 is 5.32 Å². The van der Waals surface area contributed by atoms with Crippen LogP contribution >= 0.6 is 11.3 Å². The summed E-state index contributed by atoms with van der Waals surface area (Å²) in [4.78, 5) is 4.63. The number of nitrogens with zero attached hydrogens (tertiary/aromatic N) is 1. The molecule has 1 aliphatic rings. The van der Waals surface area contributed by atoms with Crippen molar-refractivity contribution in [2.75, 3.05) is 0 Å². The summed E-state index contributed by atoms with van der Waals surface area (Å²) in [5.74, 6) is 0.856. The Hall–Kier alpha value is -0.410. The van der Waals surface area contributed by atoms with E-state index in [1.165, 1.54) is 37.1 Å². The molecule has 1 fully saturated rings. The lowest BCUT2D eigenvalue weighted by molar-refractivity contribution is 0.0931. The molecule has 2 nitrogen and oxygen atoms in total. The molecule has 0 aliphatic heterocycles. The van der Waals surface area contributed by atoms with E-state index in [0.717, 1.165) is 5.92 Å². The van der Waals surface area contributed by atoms with Crippen molar-refractivity contribution in [2.45, 2.75) is 78.3 Å². The van der Waals surface area contributed by atoms with Gasteiger partial charge in [0.1, 0.15) is 5.01 Å². The summed E-state index contributed by atoms with van der Waals surface area (Å²) >= 11 is 1.81. The van der Waals surface area contributed by atoms with Crippen LogP contribution in [0.1, 0.15) is 71.7 Å². The number of aromatic nitrogens is 1. The molecular formula is C17H30N2S. The molecular weight excluding hydrogens is 264 g/mol. The second-order valence-electron chi connectivity index (χ2n) is 7.33. The van der Waals surface area contributed by atoms with Crippen molar-refractivity contribution in [3.63, 3.8) is 0 Å². The molecule has 1 aromatic rings. The maximum Gasteiger partial charge on any atom is 0.113 e. The highest BCUT2D eigenvalue weighted by Gasteiger charge is 2.42. The van der Waals surface area contributed by atoms with Gasteiger partial charge in [0.2, 0.25) is 0 Å². The molecule has 1 aliphatic carbocycles. The van der Waals surface area contributed by atoms with Gasteiger partial charge in [-0.15, -0.1) is 11.3 Å². The van der Waals surface area contributed by atoms with Crippen LogP contribution in [0.3, 0.4) is 0 Å². The smallest absolute Gasteiger partial charge is 0.113 e. The van der Waals surface area contributed by atoms with Crippen molar-refractivity contribution in [1.82, 2.24) is 10.3 Å². The van der Waals surface area contributed by atoms with Crippen molar-refractivity contribution >= 4 is 11.3 Å². The fraction of sp³-hybridized carbons (Fsp3) is 0.824. The van der Waals surface area contributed by atoms with Crippen LogP contribution in [0.25, 0.3) is 0 Å². The summed E-state index contributed by atoms with van der Waals surface area (Å²) in [5, 5.41) is 7.24. The van der Waals surface area contributed by atoms with Gasteiger partial charge in [-0.2, -0.15) is 0 Å². The van der Waals surface area contributed by atoms with Crippen LogP contribution in [-0.4, -0.2) is 11.0 Å². The number of thiazole rings is 1. The summed E-state index contributed by atoms with van der Waals surface area (Å²) in [5.41, 5.74) is 0.607. The Labute approximate surface area is 128 Å². The first-order valence-electron chi connectivity index (χ1n) is 8.07. The molecule has 2 rings (SSSR count). The molecule has 0 saturated heterocycles. The molecule has 1 saturated carbocycles. The highest BCUT2D eigenvalue weighted by atomic mass is 32.1. The van der Waals surface area contributed by atoms with Gasteiger partial charge in [0.05, 0.1) is 5.54 Å². The lowest BCUT2D eigenvalue weighted by Crippen LogP contribution is -2.49. The minimum Gasteiger partial charge on any atom is -0.303 e. The van der Waals surface area contributed by atoms with Crippen LogP contribution in [0.2, 0.25) is 0 Å². The Morgan fingerprint density at radius 1 is 1.40 bits per heavy atom. The van der Waals surface area contributed by atoms with E-state index in [4.69, 9.17) is 0 Å². The van der Waals surface area contributed by atoms with Gasteiger partial charge in [0, 0.05) is 17.6 Å². The largest absolute Gasteiger partial charge is 0.303 e. The molecule has 20 heavy (non-hydrogen) atoms. The first-order valence-corrected chi connectivity index (χ1v) is 8.95. The van der Waals surface area contributed by atoms with Crippen molar-refractivity contribution in [3.8, 4) is 0 Å². The van der Waals surface area contributed by atoms with Gasteiger partial charge < -0.3 is 5.32 Å². The molecule has 1 heterocycles. The molecule has 0 aromatic carbocycles. The average Bonchev–Trinajstić information content (AvgIpc) is 2.93. The van der Waals surface area contributed by atoms with E-state index in [1.54, 1.807) is 0 Å². The summed E-state index contributed by atoms with van der Waals surface area (Å²) in [6.07, 6.45) is 8.32. The Bertz CT molecular complexity index is 401. The van der Waals surface area contributed by atoms with Crippen molar-refractivity contribution in [1.29, 1.82) is 0 Å². The third kappa shape index (κ3) is 3.25. The lowest BCUT2D eigenvalue weighted by atomic mass is 9.65. The molecule has 0 bridgehead atoms. The van der Waals surface area contributed by atoms with Gasteiger partial charge in [-0.1, -0.05) is 27.2 Å². The predicted octanol–water partition coefficient (Wildman–Crippen LogP) is 4.96. The third-order valence-corrected chi connectivity index (χ3v) is 6.24.